The molecule has 1 aromatic heterocycles. The number of ether oxygens (including phenoxy) is 1. The zero-order valence-electron chi connectivity index (χ0n) is 10.3. The second-order valence-electron chi connectivity index (χ2n) is 4.50. The van der Waals surface area contributed by atoms with Crippen LogP contribution in [-0.4, -0.2) is 23.1 Å². The van der Waals surface area contributed by atoms with Gasteiger partial charge in [-0.1, -0.05) is 6.92 Å². The Kier molecular flexibility index (Phi) is 4.19. The summed E-state index contributed by atoms with van der Waals surface area (Å²) in [4.78, 5) is 9.03. The average Bonchev–Trinajstić information content (AvgIpc) is 2.76. The van der Waals surface area contributed by atoms with Crippen LogP contribution in [0.2, 0.25) is 0 Å². The third-order valence-electron chi connectivity index (χ3n) is 2.98. The van der Waals surface area contributed by atoms with Gasteiger partial charge >= 0.3 is 0 Å². The van der Waals surface area contributed by atoms with Crippen molar-refractivity contribution in [2.24, 2.45) is 0 Å². The molecule has 4 nitrogen and oxygen atoms in total. The van der Waals surface area contributed by atoms with E-state index in [0.29, 0.717) is 0 Å². The van der Waals surface area contributed by atoms with Gasteiger partial charge in [0.05, 0.1) is 3.57 Å². The molecule has 1 atom stereocenters. The van der Waals surface area contributed by atoms with E-state index in [9.17, 15) is 0 Å². The van der Waals surface area contributed by atoms with Gasteiger partial charge in [0.2, 0.25) is 0 Å². The van der Waals surface area contributed by atoms with Gasteiger partial charge < -0.3 is 10.1 Å². The van der Waals surface area contributed by atoms with Crippen LogP contribution < -0.4 is 5.32 Å². The quantitative estimate of drug-likeness (QED) is 0.851. The molecular weight excluding hydrogens is 329 g/mol. The molecule has 0 aromatic carbocycles. The molecule has 0 bridgehead atoms. The Morgan fingerprint density at radius 3 is 3.06 bits per heavy atom. The first-order valence-corrected chi connectivity index (χ1v) is 7.14. The van der Waals surface area contributed by atoms with Crippen LogP contribution >= 0.6 is 22.6 Å². The number of anilines is 1. The van der Waals surface area contributed by atoms with Crippen molar-refractivity contribution in [2.75, 3.05) is 18.5 Å². The van der Waals surface area contributed by atoms with Gasteiger partial charge in [0.25, 0.3) is 0 Å². The minimum Gasteiger partial charge on any atom is -0.369 e. The van der Waals surface area contributed by atoms with Gasteiger partial charge in [0.15, 0.2) is 5.82 Å². The summed E-state index contributed by atoms with van der Waals surface area (Å²) in [5, 5.41) is 3.33. The van der Waals surface area contributed by atoms with Gasteiger partial charge in [-0.3, -0.25) is 0 Å². The minimum absolute atomic E-state index is 0.299. The highest BCUT2D eigenvalue weighted by Crippen LogP contribution is 2.34. The van der Waals surface area contributed by atoms with Crippen molar-refractivity contribution in [2.45, 2.75) is 38.7 Å². The van der Waals surface area contributed by atoms with E-state index in [2.05, 4.69) is 51.7 Å². The Morgan fingerprint density at radius 1 is 1.59 bits per heavy atom. The smallest absolute Gasteiger partial charge is 0.162 e. The van der Waals surface area contributed by atoms with Crippen molar-refractivity contribution in [3.05, 3.63) is 15.6 Å². The van der Waals surface area contributed by atoms with Crippen LogP contribution in [-0.2, 0) is 10.3 Å². The normalized spacial score (nSPS) is 23.9. The first-order valence-electron chi connectivity index (χ1n) is 6.06. The molecule has 2 heterocycles. The molecule has 1 fully saturated rings. The topological polar surface area (TPSA) is 47.0 Å². The van der Waals surface area contributed by atoms with Crippen LogP contribution in [0, 0.1) is 3.57 Å². The van der Waals surface area contributed by atoms with Crippen LogP contribution in [0.3, 0.4) is 0 Å². The zero-order valence-corrected chi connectivity index (χ0v) is 12.5. The summed E-state index contributed by atoms with van der Waals surface area (Å²) in [5.41, 5.74) is -0.299. The van der Waals surface area contributed by atoms with Gasteiger partial charge in [-0.15, -0.1) is 0 Å². The highest BCUT2D eigenvalue weighted by Gasteiger charge is 2.35. The lowest BCUT2D eigenvalue weighted by Crippen LogP contribution is -2.24. The standard InChI is InChI=1S/C12H18IN3O/c1-3-6-14-10-9(13)8-15-11(16-10)12(2)5-4-7-17-12/h8H,3-7H2,1-2H3,(H,14,15,16). The molecule has 1 aliphatic heterocycles. The number of hydrogen-bond donors (Lipinski definition) is 1. The summed E-state index contributed by atoms with van der Waals surface area (Å²) in [6.07, 6.45) is 5.04. The maximum absolute atomic E-state index is 5.77. The molecule has 1 saturated heterocycles. The van der Waals surface area contributed by atoms with Gasteiger partial charge in [-0.05, 0) is 48.8 Å². The Morgan fingerprint density at radius 2 is 2.41 bits per heavy atom. The van der Waals surface area contributed by atoms with Crippen molar-refractivity contribution >= 4 is 28.4 Å². The van der Waals surface area contributed by atoms with E-state index in [4.69, 9.17) is 4.74 Å². The van der Waals surface area contributed by atoms with E-state index >= 15 is 0 Å². The van der Waals surface area contributed by atoms with Crippen LogP contribution in [0.15, 0.2) is 6.20 Å². The van der Waals surface area contributed by atoms with Gasteiger partial charge in [-0.2, -0.15) is 0 Å². The van der Waals surface area contributed by atoms with Gasteiger partial charge in [-0.25, -0.2) is 9.97 Å². The Labute approximate surface area is 116 Å². The molecule has 2 rings (SSSR count). The summed E-state index contributed by atoms with van der Waals surface area (Å²) in [5.74, 6) is 1.73. The molecule has 1 aromatic rings. The van der Waals surface area contributed by atoms with Crippen LogP contribution in [0.4, 0.5) is 5.82 Å². The number of nitrogens with one attached hydrogen (secondary N) is 1. The lowest BCUT2D eigenvalue weighted by molar-refractivity contribution is 0.00940. The lowest BCUT2D eigenvalue weighted by atomic mass is 10.0. The summed E-state index contributed by atoms with van der Waals surface area (Å²) in [6.45, 7) is 5.96. The maximum Gasteiger partial charge on any atom is 0.162 e. The summed E-state index contributed by atoms with van der Waals surface area (Å²) in [6, 6.07) is 0. The predicted molar refractivity (Wildman–Crippen MR) is 76.1 cm³/mol. The van der Waals surface area contributed by atoms with Crippen molar-refractivity contribution in [3.63, 3.8) is 0 Å². The molecule has 1 aliphatic rings. The lowest BCUT2D eigenvalue weighted by Gasteiger charge is -2.22. The van der Waals surface area contributed by atoms with Crippen LogP contribution in [0.5, 0.6) is 0 Å². The monoisotopic (exact) mass is 347 g/mol. The van der Waals surface area contributed by atoms with E-state index in [1.165, 1.54) is 0 Å². The van der Waals surface area contributed by atoms with Gasteiger partial charge in [0.1, 0.15) is 11.4 Å². The number of halogens is 1. The Bertz CT molecular complexity index is 391. The molecule has 0 spiro atoms. The first kappa shape index (κ1) is 13.0. The summed E-state index contributed by atoms with van der Waals surface area (Å²) in [7, 11) is 0. The predicted octanol–water partition coefficient (Wildman–Crippen LogP) is 2.93. The third kappa shape index (κ3) is 2.88. The van der Waals surface area contributed by atoms with E-state index < -0.39 is 0 Å². The van der Waals surface area contributed by atoms with E-state index in [0.717, 1.165) is 47.6 Å². The van der Waals surface area contributed by atoms with Crippen LogP contribution in [0.1, 0.15) is 38.9 Å². The molecule has 0 saturated carbocycles. The molecular formula is C12H18IN3O. The fourth-order valence-electron chi connectivity index (χ4n) is 1.94. The first-order chi connectivity index (χ1) is 8.15. The molecule has 17 heavy (non-hydrogen) atoms. The molecule has 0 aliphatic carbocycles. The van der Waals surface area contributed by atoms with Crippen molar-refractivity contribution in [1.29, 1.82) is 0 Å². The number of nitrogens with zero attached hydrogens (tertiary/aromatic N) is 2. The Balaban J connectivity index is 2.23. The molecule has 1 N–H and O–H groups in total. The third-order valence-corrected chi connectivity index (χ3v) is 3.77. The second kappa shape index (κ2) is 5.48. The molecule has 0 radical (unpaired) electrons. The fourth-order valence-corrected chi connectivity index (χ4v) is 2.40. The summed E-state index contributed by atoms with van der Waals surface area (Å²) >= 11 is 2.26. The fraction of sp³-hybridized carbons (Fsp3) is 0.667. The molecule has 0 amide bonds. The highest BCUT2D eigenvalue weighted by molar-refractivity contribution is 14.1. The number of hydrogen-bond acceptors (Lipinski definition) is 4. The number of rotatable bonds is 4. The van der Waals surface area contributed by atoms with Crippen LogP contribution in [0.25, 0.3) is 0 Å². The maximum atomic E-state index is 5.77. The molecule has 1 unspecified atom stereocenters. The summed E-state index contributed by atoms with van der Waals surface area (Å²) < 4.78 is 6.83. The van der Waals surface area contributed by atoms with E-state index in [-0.39, 0.29) is 5.60 Å². The zero-order chi connectivity index (χ0) is 12.3. The molecule has 5 heteroatoms. The van der Waals surface area contributed by atoms with Crippen molar-refractivity contribution < 1.29 is 4.74 Å². The van der Waals surface area contributed by atoms with Gasteiger partial charge in [0, 0.05) is 19.3 Å². The Hall–Kier alpha value is -0.430. The molecule has 94 valence electrons. The van der Waals surface area contributed by atoms with E-state index in [1.807, 2.05) is 6.20 Å². The minimum atomic E-state index is -0.299. The average molecular weight is 347 g/mol. The highest BCUT2D eigenvalue weighted by atomic mass is 127. The van der Waals surface area contributed by atoms with E-state index in [1.54, 1.807) is 0 Å². The second-order valence-corrected chi connectivity index (χ2v) is 5.66. The largest absolute Gasteiger partial charge is 0.369 e. The van der Waals surface area contributed by atoms with Crippen molar-refractivity contribution in [1.82, 2.24) is 9.97 Å². The van der Waals surface area contributed by atoms with Crippen molar-refractivity contribution in [3.8, 4) is 0 Å². The SMILES string of the molecule is CCCNc1nc(C2(C)CCCO2)ncc1I. The number of aromatic nitrogens is 2.